The van der Waals surface area contributed by atoms with Crippen LogP contribution in [-0.4, -0.2) is 13.1 Å². The topological polar surface area (TPSA) is 104 Å². The molecule has 6 N–H and O–H groups in total. The summed E-state index contributed by atoms with van der Waals surface area (Å²) in [4.78, 5) is 11.7. The van der Waals surface area contributed by atoms with Crippen LogP contribution in [0, 0.1) is 0 Å². The highest BCUT2D eigenvalue weighted by Crippen LogP contribution is 2.38. The summed E-state index contributed by atoms with van der Waals surface area (Å²) >= 11 is 0. The monoisotopic (exact) mass is 249 g/mol. The second-order valence-corrected chi connectivity index (χ2v) is 4.85. The van der Waals surface area contributed by atoms with Crippen LogP contribution in [0.1, 0.15) is 46.7 Å². The minimum Gasteiger partial charge on any atom is -0.465 e. The van der Waals surface area contributed by atoms with Gasteiger partial charge in [-0.05, 0) is 30.4 Å². The van der Waals surface area contributed by atoms with Crippen molar-refractivity contribution in [2.75, 3.05) is 7.11 Å². The Morgan fingerprint density at radius 3 is 2.44 bits per heavy atom. The minimum atomic E-state index is -1.38. The molecule has 1 aliphatic rings. The van der Waals surface area contributed by atoms with Crippen LogP contribution in [0.2, 0.25) is 0 Å². The maximum atomic E-state index is 11.7. The van der Waals surface area contributed by atoms with Crippen LogP contribution in [-0.2, 0) is 10.5 Å². The number of methoxy groups -OCH3 is 1. The van der Waals surface area contributed by atoms with E-state index in [9.17, 15) is 4.79 Å². The number of nitrogens with two attached hydrogens (primary N) is 3. The molecule has 0 atom stereocenters. The largest absolute Gasteiger partial charge is 0.465 e. The van der Waals surface area contributed by atoms with Gasteiger partial charge in [0.25, 0.3) is 0 Å². The van der Waals surface area contributed by atoms with Gasteiger partial charge in [0.1, 0.15) is 5.79 Å². The summed E-state index contributed by atoms with van der Waals surface area (Å²) < 4.78 is 4.79. The van der Waals surface area contributed by atoms with Crippen molar-refractivity contribution in [1.82, 2.24) is 0 Å². The Kier molecular flexibility index (Phi) is 3.38. The predicted molar refractivity (Wildman–Crippen MR) is 68.6 cm³/mol. The molecule has 98 valence electrons. The Bertz CT molecular complexity index is 462. The zero-order valence-electron chi connectivity index (χ0n) is 10.5. The van der Waals surface area contributed by atoms with Crippen molar-refractivity contribution in [3.8, 4) is 0 Å². The number of hydrogen-bond donors (Lipinski definition) is 3. The van der Waals surface area contributed by atoms with Gasteiger partial charge in [-0.15, -0.1) is 0 Å². The number of carbonyl (C=O) groups excluding carboxylic acids is 1. The fraction of sp³-hybridized carbons (Fsp3) is 0.462. The van der Waals surface area contributed by atoms with Gasteiger partial charge in [-0.2, -0.15) is 0 Å². The summed E-state index contributed by atoms with van der Waals surface area (Å²) in [6.45, 7) is 0. The fourth-order valence-electron chi connectivity index (χ4n) is 2.18. The first kappa shape index (κ1) is 13.0. The average Bonchev–Trinajstić information content (AvgIpc) is 2.24. The molecule has 0 radical (unpaired) electrons. The van der Waals surface area contributed by atoms with Crippen LogP contribution in [0.3, 0.4) is 0 Å². The summed E-state index contributed by atoms with van der Waals surface area (Å²) in [5.41, 5.74) is 19.2. The third-order valence-electron chi connectivity index (χ3n) is 3.50. The smallest absolute Gasteiger partial charge is 0.338 e. The van der Waals surface area contributed by atoms with Gasteiger partial charge in [-0.3, -0.25) is 17.2 Å². The summed E-state index contributed by atoms with van der Waals surface area (Å²) in [5.74, 6) is -1.34. The van der Waals surface area contributed by atoms with Crippen molar-refractivity contribution in [3.63, 3.8) is 0 Å². The molecule has 0 unspecified atom stereocenters. The van der Waals surface area contributed by atoms with E-state index in [0.29, 0.717) is 17.0 Å². The van der Waals surface area contributed by atoms with E-state index < -0.39 is 5.79 Å². The molecule has 1 aromatic carbocycles. The van der Waals surface area contributed by atoms with Crippen LogP contribution >= 0.6 is 0 Å². The lowest BCUT2D eigenvalue weighted by molar-refractivity contribution is 0.0598. The highest BCUT2D eigenvalue weighted by atomic mass is 16.5. The first-order valence-electron chi connectivity index (χ1n) is 6.03. The summed E-state index contributed by atoms with van der Waals surface area (Å²) in [7, 11) is 1.37. The molecular weight excluding hydrogens is 230 g/mol. The number of rotatable bonds is 3. The number of ether oxygens (including phenoxy) is 1. The van der Waals surface area contributed by atoms with Gasteiger partial charge >= 0.3 is 5.97 Å². The molecule has 5 nitrogen and oxygen atoms in total. The molecule has 1 saturated carbocycles. The van der Waals surface area contributed by atoms with E-state index in [2.05, 4.69) is 0 Å². The SMILES string of the molecule is COC(=O)c1ccc(C(N)(N)N)cc1C1CCC1. The highest BCUT2D eigenvalue weighted by Gasteiger charge is 2.27. The molecule has 0 spiro atoms. The molecule has 1 aliphatic carbocycles. The van der Waals surface area contributed by atoms with E-state index >= 15 is 0 Å². The third kappa shape index (κ3) is 2.38. The Labute approximate surface area is 106 Å². The number of benzene rings is 1. The Balaban J connectivity index is 2.45. The van der Waals surface area contributed by atoms with Crippen molar-refractivity contribution in [1.29, 1.82) is 0 Å². The van der Waals surface area contributed by atoms with Crippen molar-refractivity contribution >= 4 is 5.97 Å². The molecule has 1 aromatic rings. The maximum absolute atomic E-state index is 11.7. The lowest BCUT2D eigenvalue weighted by Gasteiger charge is -2.29. The molecular formula is C13H19N3O2. The van der Waals surface area contributed by atoms with Gasteiger partial charge in [0.15, 0.2) is 0 Å². The molecule has 18 heavy (non-hydrogen) atoms. The van der Waals surface area contributed by atoms with Crippen molar-refractivity contribution in [3.05, 3.63) is 34.9 Å². The standard InChI is InChI=1S/C13H19N3O2/c1-18-12(17)10-6-5-9(13(14,15)16)7-11(10)8-3-2-4-8/h5-8H,2-4,14-16H2,1H3. The zero-order valence-corrected chi connectivity index (χ0v) is 10.5. The van der Waals surface area contributed by atoms with E-state index in [4.69, 9.17) is 21.9 Å². The average molecular weight is 249 g/mol. The number of hydrogen-bond acceptors (Lipinski definition) is 5. The Morgan fingerprint density at radius 1 is 1.33 bits per heavy atom. The van der Waals surface area contributed by atoms with Gasteiger partial charge in [0.2, 0.25) is 0 Å². The quantitative estimate of drug-likeness (QED) is 0.541. The molecule has 0 aliphatic heterocycles. The van der Waals surface area contributed by atoms with Gasteiger partial charge in [-0.25, -0.2) is 4.79 Å². The fourth-order valence-corrected chi connectivity index (χ4v) is 2.18. The molecule has 2 rings (SSSR count). The lowest BCUT2D eigenvalue weighted by atomic mass is 9.77. The van der Waals surface area contributed by atoms with Crippen LogP contribution in [0.4, 0.5) is 0 Å². The van der Waals surface area contributed by atoms with E-state index in [1.807, 2.05) is 6.07 Å². The molecule has 0 amide bonds. The summed E-state index contributed by atoms with van der Waals surface area (Å²) in [5, 5.41) is 0. The first-order valence-corrected chi connectivity index (χ1v) is 6.03. The second kappa shape index (κ2) is 4.68. The van der Waals surface area contributed by atoms with Crippen LogP contribution < -0.4 is 17.2 Å². The van der Waals surface area contributed by atoms with Gasteiger partial charge in [0, 0.05) is 5.56 Å². The van der Waals surface area contributed by atoms with Crippen LogP contribution in [0.5, 0.6) is 0 Å². The van der Waals surface area contributed by atoms with Crippen LogP contribution in [0.25, 0.3) is 0 Å². The minimum absolute atomic E-state index is 0.333. The Hall–Kier alpha value is -1.43. The van der Waals surface area contributed by atoms with Gasteiger partial charge in [-0.1, -0.05) is 18.6 Å². The summed E-state index contributed by atoms with van der Waals surface area (Å²) in [6.07, 6.45) is 3.31. The van der Waals surface area contributed by atoms with Crippen molar-refractivity contribution < 1.29 is 9.53 Å². The molecule has 5 heteroatoms. The lowest BCUT2D eigenvalue weighted by Crippen LogP contribution is -2.54. The molecule has 0 aromatic heterocycles. The van der Waals surface area contributed by atoms with Gasteiger partial charge < -0.3 is 4.74 Å². The molecule has 0 saturated heterocycles. The molecule has 0 bridgehead atoms. The zero-order chi connectivity index (χ0) is 13.3. The van der Waals surface area contributed by atoms with Crippen molar-refractivity contribution in [2.24, 2.45) is 17.2 Å². The first-order chi connectivity index (χ1) is 8.43. The predicted octanol–water partition coefficient (Wildman–Crippen LogP) is 0.727. The Morgan fingerprint density at radius 2 is 2.00 bits per heavy atom. The van der Waals surface area contributed by atoms with Crippen molar-refractivity contribution in [2.45, 2.75) is 31.0 Å². The molecule has 1 fully saturated rings. The molecule has 0 heterocycles. The van der Waals surface area contributed by atoms with E-state index in [-0.39, 0.29) is 5.97 Å². The second-order valence-electron chi connectivity index (χ2n) is 4.85. The summed E-state index contributed by atoms with van der Waals surface area (Å²) in [6, 6.07) is 5.20. The number of carbonyl (C=O) groups is 1. The normalized spacial score (nSPS) is 16.2. The number of esters is 1. The third-order valence-corrected chi connectivity index (χ3v) is 3.50. The van der Waals surface area contributed by atoms with Crippen LogP contribution in [0.15, 0.2) is 18.2 Å². The van der Waals surface area contributed by atoms with Gasteiger partial charge in [0.05, 0.1) is 12.7 Å². The highest BCUT2D eigenvalue weighted by molar-refractivity contribution is 5.91. The van der Waals surface area contributed by atoms with E-state index in [1.165, 1.54) is 13.5 Å². The van der Waals surface area contributed by atoms with E-state index in [1.54, 1.807) is 12.1 Å². The maximum Gasteiger partial charge on any atom is 0.338 e. The van der Waals surface area contributed by atoms with E-state index in [0.717, 1.165) is 18.4 Å².